The lowest BCUT2D eigenvalue weighted by Crippen LogP contribution is -2.63. The number of Topliss-reactive ketones (excluding diaryl/α,β-unsaturated/α-hetero) is 1. The molecule has 8 atom stereocenters. The molecule has 0 unspecified atom stereocenters. The Morgan fingerprint density at radius 3 is 2.68 bits per heavy atom. The van der Waals surface area contributed by atoms with Crippen molar-refractivity contribution in [2.24, 2.45) is 28.6 Å². The summed E-state index contributed by atoms with van der Waals surface area (Å²) in [6.07, 6.45) is 9.31. The summed E-state index contributed by atoms with van der Waals surface area (Å²) in [6.45, 7) is 8.57. The zero-order valence-corrected chi connectivity index (χ0v) is 17.8. The lowest BCUT2D eigenvalue weighted by molar-refractivity contribution is -0.309. The number of allylic oxidation sites excluding steroid dienone is 1. The fraction of sp³-hybridized carbons (Fsp3) is 0.833. The largest absolute Gasteiger partial charge is 0.349 e. The third-order valence-electron chi connectivity index (χ3n) is 9.53. The van der Waals surface area contributed by atoms with Crippen LogP contribution in [0.3, 0.4) is 0 Å². The zero-order chi connectivity index (χ0) is 19.9. The number of ether oxygens (including phenoxy) is 2. The maximum Gasteiger partial charge on any atom is 0.158 e. The van der Waals surface area contributed by atoms with Gasteiger partial charge in [-0.3, -0.25) is 9.59 Å². The highest BCUT2D eigenvalue weighted by Crippen LogP contribution is 2.71. The summed E-state index contributed by atoms with van der Waals surface area (Å²) in [5, 5.41) is 0. The first kappa shape index (κ1) is 19.0. The summed E-state index contributed by atoms with van der Waals surface area (Å²) in [5.74, 6) is 1.50. The van der Waals surface area contributed by atoms with E-state index in [1.807, 2.05) is 6.08 Å². The molecule has 0 N–H and O–H groups in total. The number of carbonyl (C=O) groups is 2. The molecule has 0 aromatic heterocycles. The second-order valence-corrected chi connectivity index (χ2v) is 10.6. The van der Waals surface area contributed by atoms with Gasteiger partial charge in [0.05, 0.1) is 17.6 Å². The molecule has 28 heavy (non-hydrogen) atoms. The summed E-state index contributed by atoms with van der Waals surface area (Å²) >= 11 is 0. The number of hydrogen-bond acceptors (Lipinski definition) is 4. The predicted octanol–water partition coefficient (Wildman–Crippen LogP) is 4.61. The van der Waals surface area contributed by atoms with Gasteiger partial charge in [-0.2, -0.15) is 0 Å². The fourth-order valence-corrected chi connectivity index (χ4v) is 8.25. The van der Waals surface area contributed by atoms with Crippen LogP contribution < -0.4 is 0 Å². The molecule has 4 fully saturated rings. The highest BCUT2D eigenvalue weighted by molar-refractivity contribution is 5.91. The average molecular weight is 387 g/mol. The fourth-order valence-electron chi connectivity index (χ4n) is 8.25. The van der Waals surface area contributed by atoms with E-state index in [9.17, 15) is 9.59 Å². The van der Waals surface area contributed by atoms with Crippen LogP contribution in [0, 0.1) is 28.6 Å². The molecule has 154 valence electrons. The van der Waals surface area contributed by atoms with Crippen molar-refractivity contribution < 1.29 is 19.1 Å². The van der Waals surface area contributed by atoms with Crippen LogP contribution in [-0.4, -0.2) is 29.6 Å². The molecule has 5 rings (SSSR count). The molecular formula is C24H34O4. The highest BCUT2D eigenvalue weighted by atomic mass is 16.7. The second-order valence-electron chi connectivity index (χ2n) is 10.6. The van der Waals surface area contributed by atoms with Gasteiger partial charge in [0.2, 0.25) is 0 Å². The Balaban J connectivity index is 1.60. The van der Waals surface area contributed by atoms with Crippen molar-refractivity contribution >= 4 is 11.6 Å². The van der Waals surface area contributed by atoms with Crippen molar-refractivity contribution in [2.45, 2.75) is 97.1 Å². The van der Waals surface area contributed by atoms with E-state index in [1.54, 1.807) is 6.92 Å². The molecule has 0 aromatic carbocycles. The Bertz CT molecular complexity index is 756. The summed E-state index contributed by atoms with van der Waals surface area (Å²) in [4.78, 5) is 24.8. The summed E-state index contributed by atoms with van der Waals surface area (Å²) < 4.78 is 13.1. The molecule has 1 aliphatic heterocycles. The van der Waals surface area contributed by atoms with Gasteiger partial charge in [-0.15, -0.1) is 0 Å². The molecule has 2 bridgehead atoms. The molecule has 1 heterocycles. The molecule has 4 heteroatoms. The average Bonchev–Trinajstić information content (AvgIpc) is 2.84. The first-order valence-electron chi connectivity index (χ1n) is 11.3. The van der Waals surface area contributed by atoms with Gasteiger partial charge in [0.25, 0.3) is 0 Å². The Morgan fingerprint density at radius 1 is 1.18 bits per heavy atom. The minimum Gasteiger partial charge on any atom is -0.349 e. The van der Waals surface area contributed by atoms with E-state index >= 15 is 0 Å². The molecule has 5 aliphatic rings. The van der Waals surface area contributed by atoms with Gasteiger partial charge in [0.1, 0.15) is 5.78 Å². The molecule has 1 spiro atoms. The van der Waals surface area contributed by atoms with Crippen LogP contribution >= 0.6 is 0 Å². The number of carbonyl (C=O) groups excluding carboxylic acids is 2. The van der Waals surface area contributed by atoms with Crippen LogP contribution in [0.1, 0.15) is 79.1 Å². The minimum absolute atomic E-state index is 0.00220. The molecule has 0 amide bonds. The smallest absolute Gasteiger partial charge is 0.158 e. The molecule has 0 aromatic rings. The van der Waals surface area contributed by atoms with Gasteiger partial charge in [-0.05, 0) is 68.8 Å². The Hall–Kier alpha value is -1.00. The number of rotatable bonds is 2. The van der Waals surface area contributed by atoms with Crippen molar-refractivity contribution in [1.82, 2.24) is 0 Å². The standard InChI is InChI=1S/C24H34O4/c1-5-20-27-19-13-24(28-20)18-7-6-15-12-16(26)8-10-22(15,3)17(18)9-11-23(24,4)21(19)14(2)25/h12,17-21H,5-11,13H2,1-4H3/t17-,18-,19-,20-,21-,22+,23-,24-/m1/s1. The molecule has 4 aliphatic carbocycles. The van der Waals surface area contributed by atoms with E-state index in [1.165, 1.54) is 5.57 Å². The lowest BCUT2D eigenvalue weighted by Gasteiger charge is -2.63. The first-order valence-corrected chi connectivity index (χ1v) is 11.3. The lowest BCUT2D eigenvalue weighted by atomic mass is 9.45. The third kappa shape index (κ3) is 2.19. The number of fused-ring (bicyclic) bond motifs is 4. The maximum absolute atomic E-state index is 12.7. The van der Waals surface area contributed by atoms with Gasteiger partial charge in [-0.25, -0.2) is 0 Å². The van der Waals surface area contributed by atoms with E-state index in [4.69, 9.17) is 9.47 Å². The first-order chi connectivity index (χ1) is 13.2. The molecule has 4 nitrogen and oxygen atoms in total. The molecular weight excluding hydrogens is 352 g/mol. The van der Waals surface area contributed by atoms with Gasteiger partial charge >= 0.3 is 0 Å². The van der Waals surface area contributed by atoms with Crippen LogP contribution in [0.2, 0.25) is 0 Å². The van der Waals surface area contributed by atoms with Crippen LogP contribution in [-0.2, 0) is 19.1 Å². The Kier molecular flexibility index (Phi) is 4.08. The normalized spacial score (nSPS) is 52.4. The Morgan fingerprint density at radius 2 is 1.96 bits per heavy atom. The molecule has 3 saturated carbocycles. The minimum atomic E-state index is -0.258. The van der Waals surface area contributed by atoms with Crippen molar-refractivity contribution in [1.29, 1.82) is 0 Å². The van der Waals surface area contributed by atoms with Crippen molar-refractivity contribution in [3.05, 3.63) is 11.6 Å². The van der Waals surface area contributed by atoms with Crippen LogP contribution in [0.25, 0.3) is 0 Å². The quantitative estimate of drug-likeness (QED) is 0.695. The SMILES string of the molecule is CC[C@@H]1O[C@@H]2C[C@@]3(O1)[C@@H]1CCC4=CC(=O)CC[C@]4(C)[C@@H]1CC[C@]3(C)[C@@H]2C(C)=O. The van der Waals surface area contributed by atoms with Gasteiger partial charge in [0, 0.05) is 18.3 Å². The van der Waals surface area contributed by atoms with E-state index in [2.05, 4.69) is 20.8 Å². The third-order valence-corrected chi connectivity index (χ3v) is 9.53. The second kappa shape index (κ2) is 6.01. The van der Waals surface area contributed by atoms with Gasteiger partial charge in [-0.1, -0.05) is 26.3 Å². The van der Waals surface area contributed by atoms with Crippen LogP contribution in [0.15, 0.2) is 11.6 Å². The van der Waals surface area contributed by atoms with E-state index in [0.717, 1.165) is 44.9 Å². The maximum atomic E-state index is 12.7. The monoisotopic (exact) mass is 386 g/mol. The van der Waals surface area contributed by atoms with E-state index in [0.29, 0.717) is 24.0 Å². The summed E-state index contributed by atoms with van der Waals surface area (Å²) in [6, 6.07) is 0. The predicted molar refractivity (Wildman–Crippen MR) is 106 cm³/mol. The number of hydrogen-bond donors (Lipinski definition) is 0. The van der Waals surface area contributed by atoms with E-state index in [-0.39, 0.29) is 40.5 Å². The van der Waals surface area contributed by atoms with Crippen LogP contribution in [0.4, 0.5) is 0 Å². The van der Waals surface area contributed by atoms with Crippen LogP contribution in [0.5, 0.6) is 0 Å². The summed E-state index contributed by atoms with van der Waals surface area (Å²) in [7, 11) is 0. The van der Waals surface area contributed by atoms with E-state index < -0.39 is 0 Å². The molecule has 1 saturated heterocycles. The summed E-state index contributed by atoms with van der Waals surface area (Å²) in [5.41, 5.74) is 1.09. The van der Waals surface area contributed by atoms with Gasteiger partial charge < -0.3 is 9.47 Å². The van der Waals surface area contributed by atoms with Crippen molar-refractivity contribution in [3.63, 3.8) is 0 Å². The molecule has 0 radical (unpaired) electrons. The highest BCUT2D eigenvalue weighted by Gasteiger charge is 2.73. The topological polar surface area (TPSA) is 52.6 Å². The van der Waals surface area contributed by atoms with Crippen molar-refractivity contribution in [2.75, 3.05) is 0 Å². The van der Waals surface area contributed by atoms with Crippen molar-refractivity contribution in [3.8, 4) is 0 Å². The zero-order valence-electron chi connectivity index (χ0n) is 17.8. The Labute approximate surface area is 168 Å². The van der Waals surface area contributed by atoms with Gasteiger partial charge in [0.15, 0.2) is 12.1 Å². The number of ketones is 2.